The van der Waals surface area contributed by atoms with Crippen molar-refractivity contribution in [1.82, 2.24) is 0 Å². The van der Waals surface area contributed by atoms with Crippen LogP contribution < -0.4 is 0 Å². The second-order valence-electron chi connectivity index (χ2n) is 3.89. The van der Waals surface area contributed by atoms with Crippen molar-refractivity contribution in [2.75, 3.05) is 0 Å². The first-order chi connectivity index (χ1) is 6.63. The van der Waals surface area contributed by atoms with Crippen LogP contribution in [0.2, 0.25) is 0 Å². The zero-order valence-electron chi connectivity index (χ0n) is 9.36. The maximum absolute atomic E-state index is 3.60. The van der Waals surface area contributed by atoms with Crippen LogP contribution in [-0.2, 0) is 0 Å². The van der Waals surface area contributed by atoms with Gasteiger partial charge in [0.1, 0.15) is 0 Å². The zero-order chi connectivity index (χ0) is 10.8. The van der Waals surface area contributed by atoms with Crippen LogP contribution in [0.25, 0.3) is 9.91 Å². The Kier molecular flexibility index (Phi) is 7.36. The van der Waals surface area contributed by atoms with E-state index in [1.807, 2.05) is 0 Å². The van der Waals surface area contributed by atoms with Crippen LogP contribution in [0.1, 0.15) is 40.5 Å². The standard InChI is InChI=1S/C10H18N4/c1-9(2)5-7-11-13-14-12-8-6-10(3)4/h9-10H,5-6H2,1-4H3/q+2. The summed E-state index contributed by atoms with van der Waals surface area (Å²) in [7, 11) is 0. The van der Waals surface area contributed by atoms with Crippen molar-refractivity contribution in [3.05, 3.63) is 9.91 Å². The summed E-state index contributed by atoms with van der Waals surface area (Å²) in [6.45, 7) is 8.37. The molecule has 0 bridgehead atoms. The van der Waals surface area contributed by atoms with Gasteiger partial charge in [0.25, 0.3) is 0 Å². The summed E-state index contributed by atoms with van der Waals surface area (Å²) in [5.41, 5.74) is 0. The predicted molar refractivity (Wildman–Crippen MR) is 58.3 cm³/mol. The molecular formula is C10H18N4+2. The van der Waals surface area contributed by atoms with E-state index in [1.54, 1.807) is 0 Å². The van der Waals surface area contributed by atoms with Gasteiger partial charge in [-0.05, 0) is 11.8 Å². The molecule has 0 aromatic heterocycles. The Balaban J connectivity index is 3.69. The Morgan fingerprint density at radius 2 is 1.21 bits per heavy atom. The van der Waals surface area contributed by atoms with E-state index in [2.05, 4.69) is 60.2 Å². The van der Waals surface area contributed by atoms with Gasteiger partial charge >= 0.3 is 10.4 Å². The molecule has 76 valence electrons. The van der Waals surface area contributed by atoms with Crippen molar-refractivity contribution in [3.8, 4) is 12.1 Å². The summed E-state index contributed by atoms with van der Waals surface area (Å²) >= 11 is 0. The number of nitrogens with zero attached hydrogens (tertiary/aromatic N) is 4. The van der Waals surface area contributed by atoms with E-state index >= 15 is 0 Å². The van der Waals surface area contributed by atoms with Crippen LogP contribution in [0, 0.1) is 24.0 Å². The van der Waals surface area contributed by atoms with Crippen LogP contribution in [0.3, 0.4) is 0 Å². The molecule has 0 aliphatic heterocycles. The molecule has 0 aromatic carbocycles. The third kappa shape index (κ3) is 10.6. The quantitative estimate of drug-likeness (QED) is 0.470. The van der Waals surface area contributed by atoms with Gasteiger partial charge in [-0.15, -0.1) is 0 Å². The summed E-state index contributed by atoms with van der Waals surface area (Å²) in [4.78, 5) is 7.21. The SMILES string of the molecule is CC(C)CC#[N+]N=N[N+]#CCC(C)C. The van der Waals surface area contributed by atoms with Gasteiger partial charge in [0.2, 0.25) is 12.1 Å². The smallest absolute Gasteiger partial charge is 0.0617 e. The van der Waals surface area contributed by atoms with Gasteiger partial charge < -0.3 is 0 Å². The maximum atomic E-state index is 3.60. The average Bonchev–Trinajstić information content (AvgIpc) is 2.08. The molecule has 0 atom stereocenters. The Bertz CT molecular complexity index is 253. The van der Waals surface area contributed by atoms with Crippen molar-refractivity contribution in [2.24, 2.45) is 22.3 Å². The van der Waals surface area contributed by atoms with Gasteiger partial charge in [-0.3, -0.25) is 0 Å². The number of hydrogen-bond donors (Lipinski definition) is 0. The Hall–Kier alpha value is -1.42. The van der Waals surface area contributed by atoms with Gasteiger partial charge in [0, 0.05) is 0 Å². The van der Waals surface area contributed by atoms with Crippen LogP contribution in [0.5, 0.6) is 0 Å². The average molecular weight is 194 g/mol. The van der Waals surface area contributed by atoms with Crippen molar-refractivity contribution in [2.45, 2.75) is 40.5 Å². The van der Waals surface area contributed by atoms with Crippen molar-refractivity contribution in [1.29, 1.82) is 0 Å². The lowest BCUT2D eigenvalue weighted by Gasteiger charge is -1.86. The minimum Gasteiger partial charge on any atom is -0.0617 e. The van der Waals surface area contributed by atoms with Gasteiger partial charge in [-0.1, -0.05) is 27.7 Å². The molecule has 0 spiro atoms. The summed E-state index contributed by atoms with van der Waals surface area (Å²) in [5.74, 6) is 1.09. The second kappa shape index (κ2) is 8.19. The van der Waals surface area contributed by atoms with E-state index in [1.165, 1.54) is 0 Å². The molecule has 4 heteroatoms. The molecule has 0 heterocycles. The fraction of sp³-hybridized carbons (Fsp3) is 0.800. The molecular weight excluding hydrogens is 176 g/mol. The molecule has 0 N–H and O–H groups in total. The molecule has 0 unspecified atom stereocenters. The van der Waals surface area contributed by atoms with Gasteiger partial charge in [0.05, 0.1) is 22.7 Å². The highest BCUT2D eigenvalue weighted by molar-refractivity contribution is 4.85. The highest BCUT2D eigenvalue weighted by Gasteiger charge is 1.97. The molecule has 0 saturated heterocycles. The molecule has 0 amide bonds. The fourth-order valence-electron chi connectivity index (χ4n) is 0.550. The highest BCUT2D eigenvalue weighted by atomic mass is 15.5. The van der Waals surface area contributed by atoms with E-state index in [-0.39, 0.29) is 0 Å². The highest BCUT2D eigenvalue weighted by Crippen LogP contribution is 1.97. The van der Waals surface area contributed by atoms with Crippen LogP contribution in [-0.4, -0.2) is 0 Å². The van der Waals surface area contributed by atoms with Gasteiger partial charge in [0.15, 0.2) is 0 Å². The van der Waals surface area contributed by atoms with Gasteiger partial charge in [-0.25, -0.2) is 0 Å². The fourth-order valence-corrected chi connectivity index (χ4v) is 0.550. The topological polar surface area (TPSA) is 33.4 Å². The largest absolute Gasteiger partial charge is 0.522 e. The van der Waals surface area contributed by atoms with Crippen LogP contribution in [0.15, 0.2) is 10.4 Å². The normalized spacial score (nSPS) is 9.86. The number of rotatable bonds is 2. The number of hydrogen-bond acceptors (Lipinski definition) is 2. The third-order valence-corrected chi connectivity index (χ3v) is 1.27. The summed E-state index contributed by atoms with van der Waals surface area (Å²) < 4.78 is 0. The van der Waals surface area contributed by atoms with E-state index in [0.29, 0.717) is 11.8 Å². The van der Waals surface area contributed by atoms with Gasteiger partial charge in [-0.2, -0.15) is 0 Å². The van der Waals surface area contributed by atoms with E-state index in [4.69, 9.17) is 0 Å². The molecule has 0 fully saturated rings. The van der Waals surface area contributed by atoms with E-state index in [9.17, 15) is 0 Å². The summed E-state index contributed by atoms with van der Waals surface area (Å²) in [6, 6.07) is 5.52. The molecule has 0 saturated carbocycles. The van der Waals surface area contributed by atoms with E-state index in [0.717, 1.165) is 12.8 Å². The first-order valence-corrected chi connectivity index (χ1v) is 4.88. The molecule has 0 rings (SSSR count). The molecule has 14 heavy (non-hydrogen) atoms. The maximum Gasteiger partial charge on any atom is 0.522 e. The van der Waals surface area contributed by atoms with Crippen molar-refractivity contribution < 1.29 is 0 Å². The Labute approximate surface area is 85.6 Å². The lowest BCUT2D eigenvalue weighted by Crippen LogP contribution is -1.80. The lowest BCUT2D eigenvalue weighted by molar-refractivity contribution is 0.674. The minimum absolute atomic E-state index is 0.546. The monoisotopic (exact) mass is 194 g/mol. The van der Waals surface area contributed by atoms with Crippen LogP contribution >= 0.6 is 0 Å². The first-order valence-electron chi connectivity index (χ1n) is 4.88. The minimum atomic E-state index is 0.546. The first kappa shape index (κ1) is 12.6. The van der Waals surface area contributed by atoms with Crippen molar-refractivity contribution in [3.63, 3.8) is 0 Å². The van der Waals surface area contributed by atoms with E-state index < -0.39 is 0 Å². The summed E-state index contributed by atoms with van der Waals surface area (Å²) in [6.07, 6.45) is 1.58. The molecule has 0 radical (unpaired) electrons. The second-order valence-corrected chi connectivity index (χ2v) is 3.89. The molecule has 0 aliphatic rings. The lowest BCUT2D eigenvalue weighted by atomic mass is 10.2. The summed E-state index contributed by atoms with van der Waals surface area (Å²) in [5, 5.41) is 6.90. The zero-order valence-corrected chi connectivity index (χ0v) is 9.36. The van der Waals surface area contributed by atoms with Crippen molar-refractivity contribution >= 4 is 0 Å². The molecule has 0 aromatic rings. The Morgan fingerprint density at radius 1 is 0.857 bits per heavy atom. The molecule has 0 aliphatic carbocycles. The molecule has 4 nitrogen and oxygen atoms in total. The Morgan fingerprint density at radius 3 is 1.50 bits per heavy atom. The van der Waals surface area contributed by atoms with Crippen LogP contribution in [0.4, 0.5) is 0 Å². The predicted octanol–water partition coefficient (Wildman–Crippen LogP) is 4.03. The third-order valence-electron chi connectivity index (χ3n) is 1.27.